The average Bonchev–Trinajstić information content (AvgIpc) is 2.81. The second-order valence-electron chi connectivity index (χ2n) is 5.49. The molecule has 0 bridgehead atoms. The number of nitrogens with one attached hydrogen (secondary N) is 1. The molecule has 0 radical (unpaired) electrons. The number of amides is 1. The quantitative estimate of drug-likeness (QED) is 0.649. The third kappa shape index (κ3) is 7.63. The highest BCUT2D eigenvalue weighted by Crippen LogP contribution is 2.22. The fraction of sp³-hybridized carbons (Fsp3) is 0.923. The van der Waals surface area contributed by atoms with Crippen molar-refractivity contribution in [2.24, 2.45) is 11.7 Å². The number of rotatable bonds is 8. The molecule has 1 saturated heterocycles. The van der Waals surface area contributed by atoms with E-state index in [1.54, 1.807) is 7.11 Å². The van der Waals surface area contributed by atoms with Crippen molar-refractivity contribution >= 4 is 5.91 Å². The molecule has 5 nitrogen and oxygen atoms in total. The van der Waals surface area contributed by atoms with Crippen LogP contribution in [0.4, 0.5) is 13.2 Å². The molecular weight excluding hydrogens is 287 g/mol. The number of methoxy groups -OCH3 is 1. The summed E-state index contributed by atoms with van der Waals surface area (Å²) >= 11 is 0. The van der Waals surface area contributed by atoms with Crippen LogP contribution in [-0.2, 0) is 9.53 Å². The van der Waals surface area contributed by atoms with E-state index in [9.17, 15) is 18.0 Å². The molecule has 1 heterocycles. The Bertz CT molecular complexity index is 326. The molecule has 0 aromatic carbocycles. The number of carbonyl (C=O) groups is 1. The summed E-state index contributed by atoms with van der Waals surface area (Å²) < 4.78 is 41.7. The number of alkyl halides is 3. The van der Waals surface area contributed by atoms with Gasteiger partial charge < -0.3 is 15.8 Å². The van der Waals surface area contributed by atoms with E-state index >= 15 is 0 Å². The van der Waals surface area contributed by atoms with E-state index in [0.717, 1.165) is 0 Å². The summed E-state index contributed by atoms with van der Waals surface area (Å²) in [5, 5.41) is 2.72. The summed E-state index contributed by atoms with van der Waals surface area (Å²) in [6.45, 7) is 0.827. The zero-order valence-corrected chi connectivity index (χ0v) is 12.3. The minimum Gasteiger partial charge on any atom is -0.385 e. The van der Waals surface area contributed by atoms with Gasteiger partial charge in [0, 0.05) is 26.8 Å². The molecule has 1 fully saturated rings. The maximum Gasteiger partial charge on any atom is 0.401 e. The molecule has 2 unspecified atom stereocenters. The number of halogens is 3. The van der Waals surface area contributed by atoms with Crippen molar-refractivity contribution in [3.05, 3.63) is 0 Å². The van der Waals surface area contributed by atoms with Crippen LogP contribution in [0, 0.1) is 5.92 Å². The molecule has 1 rings (SSSR count). The molecule has 1 aliphatic heterocycles. The monoisotopic (exact) mass is 311 g/mol. The summed E-state index contributed by atoms with van der Waals surface area (Å²) in [6, 6.07) is -0.590. The van der Waals surface area contributed by atoms with E-state index in [1.807, 2.05) is 0 Å². The molecule has 21 heavy (non-hydrogen) atoms. The Hall–Kier alpha value is -0.860. The van der Waals surface area contributed by atoms with Crippen molar-refractivity contribution in [1.82, 2.24) is 10.2 Å². The van der Waals surface area contributed by atoms with Crippen molar-refractivity contribution in [2.75, 3.05) is 39.9 Å². The third-order valence-electron chi connectivity index (χ3n) is 3.54. The number of ether oxygens (including phenoxy) is 1. The lowest BCUT2D eigenvalue weighted by Gasteiger charge is -2.18. The van der Waals surface area contributed by atoms with E-state index in [1.165, 1.54) is 4.90 Å². The second kappa shape index (κ2) is 8.55. The number of likely N-dealkylation sites (tertiary alicyclic amines) is 1. The van der Waals surface area contributed by atoms with Crippen molar-refractivity contribution < 1.29 is 22.7 Å². The molecule has 1 aliphatic rings. The lowest BCUT2D eigenvalue weighted by atomic mass is 10.1. The minimum atomic E-state index is -4.16. The van der Waals surface area contributed by atoms with Gasteiger partial charge in [-0.3, -0.25) is 9.69 Å². The number of nitrogens with two attached hydrogens (primary N) is 1. The van der Waals surface area contributed by atoms with Gasteiger partial charge in [-0.1, -0.05) is 0 Å². The molecule has 1 amide bonds. The van der Waals surface area contributed by atoms with Gasteiger partial charge in [0.2, 0.25) is 5.91 Å². The fourth-order valence-electron chi connectivity index (χ4n) is 2.43. The minimum absolute atomic E-state index is 0.0578. The van der Waals surface area contributed by atoms with Crippen LogP contribution in [0.3, 0.4) is 0 Å². The molecule has 0 aromatic rings. The first-order valence-corrected chi connectivity index (χ1v) is 7.13. The van der Waals surface area contributed by atoms with Crippen LogP contribution in [-0.4, -0.2) is 62.9 Å². The van der Waals surface area contributed by atoms with Crippen LogP contribution in [0.1, 0.15) is 19.3 Å². The molecule has 0 aliphatic carbocycles. The van der Waals surface area contributed by atoms with Gasteiger partial charge in [-0.15, -0.1) is 0 Å². The van der Waals surface area contributed by atoms with Crippen LogP contribution in [0.25, 0.3) is 0 Å². The topological polar surface area (TPSA) is 67.6 Å². The van der Waals surface area contributed by atoms with Gasteiger partial charge in [-0.05, 0) is 31.7 Å². The molecular formula is C13H24F3N3O2. The van der Waals surface area contributed by atoms with Crippen LogP contribution in [0.2, 0.25) is 0 Å². The first-order chi connectivity index (χ1) is 9.81. The normalized spacial score (nSPS) is 21.5. The maximum absolute atomic E-state index is 12.3. The Morgan fingerprint density at radius 3 is 2.86 bits per heavy atom. The van der Waals surface area contributed by atoms with Gasteiger partial charge >= 0.3 is 6.18 Å². The first kappa shape index (κ1) is 18.2. The first-order valence-electron chi connectivity index (χ1n) is 7.13. The van der Waals surface area contributed by atoms with Gasteiger partial charge in [-0.25, -0.2) is 0 Å². The molecule has 8 heteroatoms. The summed E-state index contributed by atoms with van der Waals surface area (Å²) in [4.78, 5) is 13.1. The van der Waals surface area contributed by atoms with Gasteiger partial charge in [0.05, 0.1) is 12.6 Å². The van der Waals surface area contributed by atoms with Gasteiger partial charge in [0.15, 0.2) is 0 Å². The maximum atomic E-state index is 12.3. The number of hydrogen-bond acceptors (Lipinski definition) is 4. The van der Waals surface area contributed by atoms with E-state index in [0.29, 0.717) is 45.5 Å². The Balaban J connectivity index is 2.19. The molecule has 2 atom stereocenters. The number of carbonyl (C=O) groups excluding carboxylic acids is 1. The lowest BCUT2D eigenvalue weighted by Crippen LogP contribution is -2.43. The zero-order valence-electron chi connectivity index (χ0n) is 12.3. The Kier molecular flexibility index (Phi) is 7.41. The highest BCUT2D eigenvalue weighted by atomic mass is 19.4. The van der Waals surface area contributed by atoms with E-state index < -0.39 is 18.8 Å². The van der Waals surface area contributed by atoms with E-state index in [2.05, 4.69) is 5.32 Å². The van der Waals surface area contributed by atoms with Crippen molar-refractivity contribution in [2.45, 2.75) is 31.5 Å². The Labute approximate surface area is 123 Å². The number of hydrogen-bond donors (Lipinski definition) is 2. The van der Waals surface area contributed by atoms with Gasteiger partial charge in [0.25, 0.3) is 0 Å². The molecule has 0 spiro atoms. The van der Waals surface area contributed by atoms with Gasteiger partial charge in [0.1, 0.15) is 0 Å². The summed E-state index contributed by atoms with van der Waals surface area (Å²) in [5.74, 6) is -0.192. The molecule has 3 N–H and O–H groups in total. The zero-order chi connectivity index (χ0) is 15.9. The molecule has 0 saturated carbocycles. The summed E-state index contributed by atoms with van der Waals surface area (Å²) in [5.41, 5.74) is 5.73. The number of nitrogens with zero attached hydrogens (tertiary/aromatic N) is 1. The largest absolute Gasteiger partial charge is 0.401 e. The van der Waals surface area contributed by atoms with Crippen molar-refractivity contribution in [1.29, 1.82) is 0 Å². The second-order valence-corrected chi connectivity index (χ2v) is 5.49. The van der Waals surface area contributed by atoms with Crippen LogP contribution in [0.15, 0.2) is 0 Å². The van der Waals surface area contributed by atoms with Crippen LogP contribution >= 0.6 is 0 Å². The highest BCUT2D eigenvalue weighted by Gasteiger charge is 2.34. The third-order valence-corrected chi connectivity index (χ3v) is 3.54. The average molecular weight is 311 g/mol. The van der Waals surface area contributed by atoms with Crippen molar-refractivity contribution in [3.63, 3.8) is 0 Å². The highest BCUT2D eigenvalue weighted by molar-refractivity contribution is 5.81. The molecule has 124 valence electrons. The predicted molar refractivity (Wildman–Crippen MR) is 72.7 cm³/mol. The lowest BCUT2D eigenvalue weighted by molar-refractivity contribution is -0.143. The van der Waals surface area contributed by atoms with Gasteiger partial charge in [-0.2, -0.15) is 13.2 Å². The summed E-state index contributed by atoms with van der Waals surface area (Å²) in [6.07, 6.45) is -2.27. The van der Waals surface area contributed by atoms with Crippen LogP contribution in [0.5, 0.6) is 0 Å². The van der Waals surface area contributed by atoms with Crippen LogP contribution < -0.4 is 11.1 Å². The smallest absolute Gasteiger partial charge is 0.385 e. The standard InChI is InChI=1S/C13H24F3N3O2/c1-21-6-2-3-11(17)12(20)18-7-10-4-5-19(8-10)9-13(14,15)16/h10-11H,2-9,17H2,1H3,(H,18,20). The summed E-state index contributed by atoms with van der Waals surface area (Å²) in [7, 11) is 1.58. The Morgan fingerprint density at radius 2 is 2.24 bits per heavy atom. The fourth-order valence-corrected chi connectivity index (χ4v) is 2.43. The van der Waals surface area contributed by atoms with Crippen molar-refractivity contribution in [3.8, 4) is 0 Å². The van der Waals surface area contributed by atoms with E-state index in [-0.39, 0.29) is 11.8 Å². The predicted octanol–water partition coefficient (Wildman–Crippen LogP) is 0.741. The molecule has 0 aromatic heterocycles. The Morgan fingerprint density at radius 1 is 1.52 bits per heavy atom. The SMILES string of the molecule is COCCCC(N)C(=O)NCC1CCN(CC(F)(F)F)C1. The van der Waals surface area contributed by atoms with E-state index in [4.69, 9.17) is 10.5 Å².